The Morgan fingerprint density at radius 3 is 2.70 bits per heavy atom. The summed E-state index contributed by atoms with van der Waals surface area (Å²) >= 11 is 3.16. The molecule has 0 radical (unpaired) electrons. The van der Waals surface area contributed by atoms with Crippen molar-refractivity contribution in [3.8, 4) is 0 Å². The summed E-state index contributed by atoms with van der Waals surface area (Å²) < 4.78 is 14.0. The summed E-state index contributed by atoms with van der Waals surface area (Å²) in [7, 11) is 1.40. The fourth-order valence-electron chi connectivity index (χ4n) is 1.54. The SMILES string of the molecule is CNC(=O)c1cc(NC(=O)c2[nH]ncc2Br)ccc1F. The van der Waals surface area contributed by atoms with Gasteiger partial charge in [-0.25, -0.2) is 4.39 Å². The molecule has 1 heterocycles. The van der Waals surface area contributed by atoms with Crippen molar-refractivity contribution >= 4 is 33.4 Å². The van der Waals surface area contributed by atoms with Gasteiger partial charge in [0.05, 0.1) is 16.2 Å². The molecular formula is C12H10BrFN4O2. The van der Waals surface area contributed by atoms with Crippen LogP contribution in [0.3, 0.4) is 0 Å². The summed E-state index contributed by atoms with van der Waals surface area (Å²) in [4.78, 5) is 23.4. The smallest absolute Gasteiger partial charge is 0.274 e. The highest BCUT2D eigenvalue weighted by atomic mass is 79.9. The van der Waals surface area contributed by atoms with Crippen LogP contribution in [0.15, 0.2) is 28.9 Å². The first-order valence-electron chi connectivity index (χ1n) is 5.54. The fraction of sp³-hybridized carbons (Fsp3) is 0.0833. The van der Waals surface area contributed by atoms with Crippen LogP contribution in [0.5, 0.6) is 0 Å². The van der Waals surface area contributed by atoms with Crippen molar-refractivity contribution in [2.24, 2.45) is 0 Å². The molecule has 1 aromatic heterocycles. The molecule has 0 fully saturated rings. The third-order valence-electron chi connectivity index (χ3n) is 2.52. The van der Waals surface area contributed by atoms with E-state index in [1.165, 1.54) is 25.4 Å². The molecule has 0 saturated heterocycles. The normalized spacial score (nSPS) is 10.2. The van der Waals surface area contributed by atoms with Gasteiger partial charge in [0.1, 0.15) is 11.5 Å². The predicted molar refractivity (Wildman–Crippen MR) is 74.0 cm³/mol. The summed E-state index contributed by atoms with van der Waals surface area (Å²) in [6, 6.07) is 3.74. The van der Waals surface area contributed by atoms with Crippen molar-refractivity contribution in [2.45, 2.75) is 0 Å². The number of hydrogen-bond donors (Lipinski definition) is 3. The van der Waals surface area contributed by atoms with E-state index in [0.29, 0.717) is 10.2 Å². The lowest BCUT2D eigenvalue weighted by molar-refractivity contribution is 0.0957. The Bertz CT molecular complexity index is 671. The third-order valence-corrected chi connectivity index (χ3v) is 3.12. The van der Waals surface area contributed by atoms with Crippen molar-refractivity contribution in [3.63, 3.8) is 0 Å². The molecule has 3 N–H and O–H groups in total. The molecule has 8 heteroatoms. The number of halogens is 2. The van der Waals surface area contributed by atoms with E-state index in [0.717, 1.165) is 6.07 Å². The standard InChI is InChI=1S/C12H10BrFN4O2/c1-15-11(19)7-4-6(2-3-9(7)14)17-12(20)10-8(13)5-16-18-10/h2-5H,1H3,(H,15,19)(H,16,18)(H,17,20). The van der Waals surface area contributed by atoms with E-state index in [9.17, 15) is 14.0 Å². The van der Waals surface area contributed by atoms with Gasteiger partial charge in [-0.1, -0.05) is 0 Å². The van der Waals surface area contributed by atoms with Crippen molar-refractivity contribution in [1.29, 1.82) is 0 Å². The minimum atomic E-state index is -0.662. The zero-order chi connectivity index (χ0) is 14.7. The van der Waals surface area contributed by atoms with Crippen molar-refractivity contribution in [3.05, 3.63) is 45.9 Å². The molecular weight excluding hydrogens is 331 g/mol. The van der Waals surface area contributed by atoms with Gasteiger partial charge in [-0.15, -0.1) is 0 Å². The molecule has 0 unspecified atom stereocenters. The van der Waals surface area contributed by atoms with E-state index >= 15 is 0 Å². The van der Waals surface area contributed by atoms with Crippen LogP contribution < -0.4 is 10.6 Å². The zero-order valence-corrected chi connectivity index (χ0v) is 11.9. The quantitative estimate of drug-likeness (QED) is 0.797. The lowest BCUT2D eigenvalue weighted by atomic mass is 10.1. The van der Waals surface area contributed by atoms with Crippen LogP contribution in [0.1, 0.15) is 20.8 Å². The molecule has 0 aliphatic heterocycles. The van der Waals surface area contributed by atoms with Crippen LogP contribution >= 0.6 is 15.9 Å². The second kappa shape index (κ2) is 5.83. The van der Waals surface area contributed by atoms with Crippen LogP contribution in [0.25, 0.3) is 0 Å². The third kappa shape index (κ3) is 2.85. The number of carbonyl (C=O) groups is 2. The van der Waals surface area contributed by atoms with Gasteiger partial charge < -0.3 is 10.6 Å². The van der Waals surface area contributed by atoms with Gasteiger partial charge in [0.25, 0.3) is 11.8 Å². The maximum Gasteiger partial charge on any atom is 0.274 e. The summed E-state index contributed by atoms with van der Waals surface area (Å²) in [6.07, 6.45) is 1.44. The van der Waals surface area contributed by atoms with Crippen molar-refractivity contribution in [2.75, 3.05) is 12.4 Å². The maximum atomic E-state index is 13.5. The molecule has 0 bridgehead atoms. The molecule has 1 aromatic carbocycles. The first-order valence-corrected chi connectivity index (χ1v) is 6.34. The molecule has 2 amide bonds. The number of anilines is 1. The van der Waals surface area contributed by atoms with E-state index in [1.54, 1.807) is 0 Å². The number of rotatable bonds is 3. The number of nitrogens with one attached hydrogen (secondary N) is 3. The highest BCUT2D eigenvalue weighted by Crippen LogP contribution is 2.18. The van der Waals surface area contributed by atoms with E-state index in [-0.39, 0.29) is 11.3 Å². The second-order valence-corrected chi connectivity index (χ2v) is 4.68. The Morgan fingerprint density at radius 2 is 2.10 bits per heavy atom. The molecule has 2 aromatic rings. The van der Waals surface area contributed by atoms with Crippen LogP contribution in [0.4, 0.5) is 10.1 Å². The minimum Gasteiger partial charge on any atom is -0.355 e. The number of aromatic nitrogens is 2. The predicted octanol–water partition coefficient (Wildman–Crippen LogP) is 1.92. The van der Waals surface area contributed by atoms with Gasteiger partial charge in [0.15, 0.2) is 0 Å². The number of aromatic amines is 1. The molecule has 104 valence electrons. The summed E-state index contributed by atoms with van der Waals surface area (Å²) in [5, 5.41) is 11.1. The number of amides is 2. The summed E-state index contributed by atoms with van der Waals surface area (Å²) in [5.74, 6) is -1.68. The molecule has 0 spiro atoms. The average Bonchev–Trinajstić information content (AvgIpc) is 2.86. The van der Waals surface area contributed by atoms with E-state index in [4.69, 9.17) is 0 Å². The first-order chi connectivity index (χ1) is 9.52. The number of H-pyrrole nitrogens is 1. The topological polar surface area (TPSA) is 86.9 Å². The lowest BCUT2D eigenvalue weighted by Gasteiger charge is -2.07. The Hall–Kier alpha value is -2.22. The highest BCUT2D eigenvalue weighted by molar-refractivity contribution is 9.10. The molecule has 6 nitrogen and oxygen atoms in total. The van der Waals surface area contributed by atoms with E-state index in [1.807, 2.05) is 0 Å². The summed E-state index contributed by atoms with van der Waals surface area (Å²) in [5.41, 5.74) is 0.390. The molecule has 0 aliphatic rings. The molecule has 2 rings (SSSR count). The lowest BCUT2D eigenvalue weighted by Crippen LogP contribution is -2.20. The Labute approximate surface area is 121 Å². The molecule has 0 saturated carbocycles. The van der Waals surface area contributed by atoms with Gasteiger partial charge >= 0.3 is 0 Å². The maximum absolute atomic E-state index is 13.5. The van der Waals surface area contributed by atoms with Crippen molar-refractivity contribution < 1.29 is 14.0 Å². The number of nitrogens with zero attached hydrogens (tertiary/aromatic N) is 1. The molecule has 20 heavy (non-hydrogen) atoms. The first kappa shape index (κ1) is 14.2. The minimum absolute atomic E-state index is 0.144. The molecule has 0 aliphatic carbocycles. The van der Waals surface area contributed by atoms with Crippen LogP contribution in [0.2, 0.25) is 0 Å². The number of benzene rings is 1. The van der Waals surface area contributed by atoms with Crippen LogP contribution in [0, 0.1) is 5.82 Å². The number of carbonyl (C=O) groups excluding carboxylic acids is 2. The van der Waals surface area contributed by atoms with Gasteiger partial charge in [-0.3, -0.25) is 14.7 Å². The van der Waals surface area contributed by atoms with Gasteiger partial charge in [-0.2, -0.15) is 5.10 Å². The molecule has 0 atom stereocenters. The average molecular weight is 341 g/mol. The number of hydrogen-bond acceptors (Lipinski definition) is 3. The Morgan fingerprint density at radius 1 is 1.35 bits per heavy atom. The van der Waals surface area contributed by atoms with E-state index in [2.05, 4.69) is 36.8 Å². The zero-order valence-electron chi connectivity index (χ0n) is 10.3. The van der Waals surface area contributed by atoms with Crippen LogP contribution in [-0.4, -0.2) is 29.1 Å². The monoisotopic (exact) mass is 340 g/mol. The van der Waals surface area contributed by atoms with Crippen LogP contribution in [-0.2, 0) is 0 Å². The van der Waals surface area contributed by atoms with Gasteiger partial charge in [-0.05, 0) is 34.1 Å². The fourth-order valence-corrected chi connectivity index (χ4v) is 1.91. The van der Waals surface area contributed by atoms with Crippen molar-refractivity contribution in [1.82, 2.24) is 15.5 Å². The second-order valence-electron chi connectivity index (χ2n) is 3.82. The highest BCUT2D eigenvalue weighted by Gasteiger charge is 2.15. The van der Waals surface area contributed by atoms with Gasteiger partial charge in [0.2, 0.25) is 0 Å². The Kier molecular flexibility index (Phi) is 4.14. The van der Waals surface area contributed by atoms with Gasteiger partial charge in [0, 0.05) is 12.7 Å². The largest absolute Gasteiger partial charge is 0.355 e. The van der Waals surface area contributed by atoms with E-state index < -0.39 is 17.6 Å². The summed E-state index contributed by atoms with van der Waals surface area (Å²) in [6.45, 7) is 0. The Balaban J connectivity index is 2.24.